The highest BCUT2D eigenvalue weighted by Crippen LogP contribution is 2.29. The van der Waals surface area contributed by atoms with Gasteiger partial charge in [-0.15, -0.1) is 0 Å². The van der Waals surface area contributed by atoms with Crippen LogP contribution in [0.4, 0.5) is 0 Å². The molecule has 2 aromatic carbocycles. The molecule has 0 saturated heterocycles. The van der Waals surface area contributed by atoms with E-state index in [9.17, 15) is 5.11 Å². The van der Waals surface area contributed by atoms with Crippen LogP contribution in [0.5, 0.6) is 17.2 Å². The highest BCUT2D eigenvalue weighted by molar-refractivity contribution is 5.43. The van der Waals surface area contributed by atoms with Gasteiger partial charge in [0.15, 0.2) is 11.5 Å². The van der Waals surface area contributed by atoms with Crippen molar-refractivity contribution < 1.29 is 24.4 Å². The van der Waals surface area contributed by atoms with E-state index in [1.54, 1.807) is 26.4 Å². The van der Waals surface area contributed by atoms with Crippen molar-refractivity contribution >= 4 is 0 Å². The molecule has 0 aromatic heterocycles. The summed E-state index contributed by atoms with van der Waals surface area (Å²) in [7, 11) is 3.21. The van der Waals surface area contributed by atoms with Gasteiger partial charge in [0.1, 0.15) is 12.4 Å². The van der Waals surface area contributed by atoms with E-state index in [1.807, 2.05) is 30.3 Å². The number of rotatable bonds is 9. The number of aliphatic hydroxyl groups is 2. The fourth-order valence-electron chi connectivity index (χ4n) is 2.48. The minimum atomic E-state index is -0.587. The first kappa shape index (κ1) is 18.1. The molecule has 0 amide bonds. The van der Waals surface area contributed by atoms with Gasteiger partial charge >= 0.3 is 0 Å². The van der Waals surface area contributed by atoms with Crippen LogP contribution in [0, 0.1) is 0 Å². The zero-order valence-electron chi connectivity index (χ0n) is 14.1. The normalized spacial score (nSPS) is 11.8. The second-order valence-corrected chi connectivity index (χ2v) is 5.39. The largest absolute Gasteiger partial charge is 0.493 e. The SMILES string of the molecule is COc1ccc(CC[C@@H](O)c2cccc(OCCO)c2)cc1OC. The maximum atomic E-state index is 10.4. The van der Waals surface area contributed by atoms with Crippen molar-refractivity contribution in [3.8, 4) is 17.2 Å². The van der Waals surface area contributed by atoms with Crippen LogP contribution in [0.25, 0.3) is 0 Å². The van der Waals surface area contributed by atoms with Crippen molar-refractivity contribution in [2.24, 2.45) is 0 Å². The topological polar surface area (TPSA) is 68.2 Å². The number of benzene rings is 2. The van der Waals surface area contributed by atoms with Crippen LogP contribution >= 0.6 is 0 Å². The van der Waals surface area contributed by atoms with Crippen molar-refractivity contribution in [1.82, 2.24) is 0 Å². The Hall–Kier alpha value is -2.24. The lowest BCUT2D eigenvalue weighted by atomic mass is 10.0. The zero-order valence-corrected chi connectivity index (χ0v) is 14.1. The Labute approximate surface area is 142 Å². The van der Waals surface area contributed by atoms with Crippen LogP contribution in [0.3, 0.4) is 0 Å². The lowest BCUT2D eigenvalue weighted by Gasteiger charge is -2.14. The van der Waals surface area contributed by atoms with Crippen molar-refractivity contribution in [3.05, 3.63) is 53.6 Å². The Morgan fingerprint density at radius 2 is 1.79 bits per heavy atom. The Kier molecular flexibility index (Phi) is 6.90. The van der Waals surface area contributed by atoms with Gasteiger partial charge in [0, 0.05) is 0 Å². The zero-order chi connectivity index (χ0) is 17.4. The molecule has 0 spiro atoms. The summed E-state index contributed by atoms with van der Waals surface area (Å²) in [6.45, 7) is 0.206. The van der Waals surface area contributed by atoms with Crippen LogP contribution < -0.4 is 14.2 Å². The third kappa shape index (κ3) is 4.88. The molecule has 0 aliphatic rings. The van der Waals surface area contributed by atoms with E-state index in [-0.39, 0.29) is 13.2 Å². The minimum Gasteiger partial charge on any atom is -0.493 e. The van der Waals surface area contributed by atoms with Crippen LogP contribution in [0.2, 0.25) is 0 Å². The predicted molar refractivity (Wildman–Crippen MR) is 91.8 cm³/mol. The highest BCUT2D eigenvalue weighted by Gasteiger charge is 2.10. The maximum Gasteiger partial charge on any atom is 0.160 e. The summed E-state index contributed by atoms with van der Waals surface area (Å²) in [5.74, 6) is 2.02. The molecular weight excluding hydrogens is 308 g/mol. The molecule has 0 aliphatic heterocycles. The first-order valence-corrected chi connectivity index (χ1v) is 7.90. The molecule has 0 fully saturated rings. The number of ether oxygens (including phenoxy) is 3. The smallest absolute Gasteiger partial charge is 0.160 e. The third-order valence-corrected chi connectivity index (χ3v) is 3.76. The standard InChI is InChI=1S/C19H24O5/c1-22-18-9-7-14(12-19(18)23-2)6-8-17(21)15-4-3-5-16(13-15)24-11-10-20/h3-5,7,9,12-13,17,20-21H,6,8,10-11H2,1-2H3/t17-/m1/s1. The second-order valence-electron chi connectivity index (χ2n) is 5.39. The molecule has 5 nitrogen and oxygen atoms in total. The number of aliphatic hydroxyl groups excluding tert-OH is 2. The fraction of sp³-hybridized carbons (Fsp3) is 0.368. The molecule has 130 valence electrons. The van der Waals surface area contributed by atoms with Gasteiger partial charge in [-0.3, -0.25) is 0 Å². The molecule has 0 radical (unpaired) electrons. The van der Waals surface area contributed by atoms with Crippen molar-refractivity contribution in [2.75, 3.05) is 27.4 Å². The molecule has 24 heavy (non-hydrogen) atoms. The van der Waals surface area contributed by atoms with E-state index in [0.717, 1.165) is 11.1 Å². The average molecular weight is 332 g/mol. The fourth-order valence-corrected chi connectivity index (χ4v) is 2.48. The molecule has 1 atom stereocenters. The molecule has 0 aliphatic carbocycles. The quantitative estimate of drug-likeness (QED) is 0.739. The van der Waals surface area contributed by atoms with E-state index in [4.69, 9.17) is 19.3 Å². The summed E-state index contributed by atoms with van der Waals surface area (Å²) in [4.78, 5) is 0. The lowest BCUT2D eigenvalue weighted by molar-refractivity contribution is 0.166. The average Bonchev–Trinajstić information content (AvgIpc) is 2.64. The minimum absolute atomic E-state index is 0.0356. The van der Waals surface area contributed by atoms with E-state index in [1.165, 1.54) is 0 Å². The molecular formula is C19H24O5. The van der Waals surface area contributed by atoms with Crippen molar-refractivity contribution in [1.29, 1.82) is 0 Å². The van der Waals surface area contributed by atoms with Gasteiger partial charge in [-0.05, 0) is 48.2 Å². The number of methoxy groups -OCH3 is 2. The van der Waals surface area contributed by atoms with Gasteiger partial charge in [0.2, 0.25) is 0 Å². The number of aryl methyl sites for hydroxylation is 1. The maximum absolute atomic E-state index is 10.4. The van der Waals surface area contributed by atoms with E-state index < -0.39 is 6.10 Å². The van der Waals surface area contributed by atoms with Gasteiger partial charge in [-0.1, -0.05) is 18.2 Å². The van der Waals surface area contributed by atoms with Crippen LogP contribution in [-0.4, -0.2) is 37.6 Å². The van der Waals surface area contributed by atoms with Crippen molar-refractivity contribution in [3.63, 3.8) is 0 Å². The van der Waals surface area contributed by atoms with Gasteiger partial charge in [0.05, 0.1) is 26.9 Å². The van der Waals surface area contributed by atoms with Crippen LogP contribution in [0.1, 0.15) is 23.7 Å². The molecule has 2 N–H and O–H groups in total. The summed E-state index contributed by atoms with van der Waals surface area (Å²) in [6, 6.07) is 13.1. The summed E-state index contributed by atoms with van der Waals surface area (Å²) in [5.41, 5.74) is 1.87. The summed E-state index contributed by atoms with van der Waals surface area (Å²) in [5, 5.41) is 19.2. The van der Waals surface area contributed by atoms with Gasteiger partial charge in [-0.2, -0.15) is 0 Å². The Morgan fingerprint density at radius 3 is 2.50 bits per heavy atom. The molecule has 0 bridgehead atoms. The van der Waals surface area contributed by atoms with Crippen LogP contribution in [0.15, 0.2) is 42.5 Å². The van der Waals surface area contributed by atoms with Crippen LogP contribution in [-0.2, 0) is 6.42 Å². The van der Waals surface area contributed by atoms with Gasteiger partial charge < -0.3 is 24.4 Å². The Morgan fingerprint density at radius 1 is 1.00 bits per heavy atom. The first-order valence-electron chi connectivity index (χ1n) is 7.90. The van der Waals surface area contributed by atoms with Gasteiger partial charge in [-0.25, -0.2) is 0 Å². The second kappa shape index (κ2) is 9.15. The summed E-state index contributed by atoms with van der Waals surface area (Å²) in [6.07, 6.45) is 0.707. The van der Waals surface area contributed by atoms with E-state index >= 15 is 0 Å². The molecule has 0 unspecified atom stereocenters. The van der Waals surface area contributed by atoms with Crippen molar-refractivity contribution in [2.45, 2.75) is 18.9 Å². The van der Waals surface area contributed by atoms with E-state index in [2.05, 4.69) is 0 Å². The predicted octanol–water partition coefficient (Wildman–Crippen LogP) is 2.74. The highest BCUT2D eigenvalue weighted by atomic mass is 16.5. The lowest BCUT2D eigenvalue weighted by Crippen LogP contribution is -2.04. The molecule has 2 rings (SSSR count). The Balaban J connectivity index is 1.98. The van der Waals surface area contributed by atoms with Gasteiger partial charge in [0.25, 0.3) is 0 Å². The summed E-state index contributed by atoms with van der Waals surface area (Å²) < 4.78 is 15.9. The molecule has 5 heteroatoms. The number of hydrogen-bond acceptors (Lipinski definition) is 5. The summed E-state index contributed by atoms with van der Waals surface area (Å²) >= 11 is 0. The number of hydrogen-bond donors (Lipinski definition) is 2. The Bertz CT molecular complexity index is 641. The third-order valence-electron chi connectivity index (χ3n) is 3.76. The van der Waals surface area contributed by atoms with E-state index in [0.29, 0.717) is 30.1 Å². The molecule has 2 aromatic rings. The molecule has 0 heterocycles. The molecule has 0 saturated carbocycles. The first-order chi connectivity index (χ1) is 11.7. The monoisotopic (exact) mass is 332 g/mol.